The molecule has 3 saturated heterocycles. The van der Waals surface area contributed by atoms with E-state index in [1.807, 2.05) is 39.9 Å². The molecule has 11 nitrogen and oxygen atoms in total. The molecule has 43 heavy (non-hydrogen) atoms. The molecule has 1 N–H and O–H groups in total. The molecular weight excluding hydrogens is 554 g/mol. The summed E-state index contributed by atoms with van der Waals surface area (Å²) in [7, 11) is 7.45. The number of nitrogens with zero attached hydrogens (tertiary/aromatic N) is 3. The average molecular weight is 612 g/mol. The van der Waals surface area contributed by atoms with Gasteiger partial charge in [0.1, 0.15) is 17.1 Å². The van der Waals surface area contributed by atoms with Crippen molar-refractivity contribution in [3.05, 3.63) is 0 Å². The van der Waals surface area contributed by atoms with E-state index in [1.54, 1.807) is 39.7 Å². The molecule has 8 atom stereocenters. The van der Waals surface area contributed by atoms with Crippen molar-refractivity contribution in [2.24, 2.45) is 17.3 Å². The minimum absolute atomic E-state index is 0.000352. The van der Waals surface area contributed by atoms with Crippen molar-refractivity contribution in [3.63, 3.8) is 0 Å². The van der Waals surface area contributed by atoms with Crippen LogP contribution < -0.4 is 0 Å². The number of carbonyl (C=O) groups is 3. The highest BCUT2D eigenvalue weighted by Crippen LogP contribution is 2.40. The minimum atomic E-state index is -1.48. The van der Waals surface area contributed by atoms with Gasteiger partial charge >= 0.3 is 5.97 Å². The van der Waals surface area contributed by atoms with Gasteiger partial charge in [0, 0.05) is 65.0 Å². The Hall–Kier alpha value is -1.63. The van der Waals surface area contributed by atoms with Gasteiger partial charge in [-0.25, -0.2) is 0 Å². The Kier molecular flexibility index (Phi) is 11.5. The quantitative estimate of drug-likeness (QED) is 0.375. The van der Waals surface area contributed by atoms with E-state index in [4.69, 9.17) is 18.9 Å². The first-order valence-electron chi connectivity index (χ1n) is 15.8. The maximum Gasteiger partial charge on any atom is 0.319 e. The van der Waals surface area contributed by atoms with Gasteiger partial charge in [0.2, 0.25) is 5.91 Å². The Morgan fingerprint density at radius 3 is 2.23 bits per heavy atom. The molecule has 3 rings (SSSR count). The predicted molar refractivity (Wildman–Crippen MR) is 162 cm³/mol. The normalized spacial score (nSPS) is 38.3. The lowest BCUT2D eigenvalue weighted by molar-refractivity contribution is -0.295. The molecule has 248 valence electrons. The maximum absolute atomic E-state index is 14.3. The molecule has 0 aromatic heterocycles. The molecule has 0 radical (unpaired) electrons. The molecule has 3 fully saturated rings. The molecule has 0 aromatic carbocycles. The molecule has 0 unspecified atom stereocenters. The van der Waals surface area contributed by atoms with Crippen LogP contribution in [-0.2, 0) is 33.3 Å². The topological polar surface area (TPSA) is 118 Å². The summed E-state index contributed by atoms with van der Waals surface area (Å²) >= 11 is 0. The van der Waals surface area contributed by atoms with E-state index in [9.17, 15) is 19.5 Å². The Morgan fingerprint density at radius 1 is 1.09 bits per heavy atom. The van der Waals surface area contributed by atoms with E-state index in [1.165, 1.54) is 0 Å². The number of methoxy groups -OCH3 is 1. The van der Waals surface area contributed by atoms with Gasteiger partial charge in [-0.1, -0.05) is 13.8 Å². The zero-order chi connectivity index (χ0) is 32.5. The first kappa shape index (κ1) is 35.8. The number of ether oxygens (including phenoxy) is 4. The highest BCUT2D eigenvalue weighted by Gasteiger charge is 2.53. The summed E-state index contributed by atoms with van der Waals surface area (Å²) in [6.45, 7) is 14.7. The van der Waals surface area contributed by atoms with Gasteiger partial charge in [0.15, 0.2) is 12.1 Å². The van der Waals surface area contributed by atoms with Crippen LogP contribution in [0.3, 0.4) is 0 Å². The van der Waals surface area contributed by atoms with Crippen molar-refractivity contribution < 1.29 is 38.4 Å². The van der Waals surface area contributed by atoms with Gasteiger partial charge in [0.25, 0.3) is 0 Å². The summed E-state index contributed by atoms with van der Waals surface area (Å²) < 4.78 is 25.2. The predicted octanol–water partition coefficient (Wildman–Crippen LogP) is 2.33. The van der Waals surface area contributed by atoms with E-state index in [0.29, 0.717) is 51.9 Å². The zero-order valence-electron chi connectivity index (χ0n) is 28.3. The van der Waals surface area contributed by atoms with Gasteiger partial charge in [-0.3, -0.25) is 14.4 Å². The summed E-state index contributed by atoms with van der Waals surface area (Å²) in [5, 5.41) is 11.3. The largest absolute Gasteiger partial charge is 0.457 e. The fraction of sp³-hybridized carbons (Fsp3) is 0.906. The molecule has 3 aliphatic rings. The van der Waals surface area contributed by atoms with Crippen molar-refractivity contribution in [2.75, 3.05) is 54.4 Å². The second-order valence-corrected chi connectivity index (χ2v) is 14.5. The lowest BCUT2D eigenvalue weighted by Crippen LogP contribution is -2.59. The van der Waals surface area contributed by atoms with Crippen LogP contribution in [0.1, 0.15) is 74.1 Å². The zero-order valence-corrected chi connectivity index (χ0v) is 28.3. The first-order chi connectivity index (χ1) is 19.9. The molecule has 11 heteroatoms. The van der Waals surface area contributed by atoms with Crippen LogP contribution in [0.5, 0.6) is 0 Å². The number of esters is 1. The number of aliphatic hydroxyl groups excluding tert-OH is 1. The van der Waals surface area contributed by atoms with Gasteiger partial charge < -0.3 is 38.8 Å². The van der Waals surface area contributed by atoms with E-state index in [0.717, 1.165) is 0 Å². The van der Waals surface area contributed by atoms with Crippen LogP contribution in [0.25, 0.3) is 0 Å². The SMILES string of the molecule is CO[C@]1(C)C[C@@H](C)CN(C)CC2(CCN(C(C)=O)CC2)OC(=O)C(C)(C)C(=O)[C@H](C)[C@H]1O[C@@H]1O[C@H](C)C[C@H](N(C)C)[C@H]1O. The number of rotatable bonds is 4. The molecule has 0 aromatic rings. The molecule has 0 bridgehead atoms. The monoisotopic (exact) mass is 611 g/mol. The first-order valence-corrected chi connectivity index (χ1v) is 15.8. The number of piperidine rings is 1. The number of hydrogen-bond acceptors (Lipinski definition) is 10. The average Bonchev–Trinajstić information content (AvgIpc) is 2.91. The highest BCUT2D eigenvalue weighted by molar-refractivity contribution is 6.04. The summed E-state index contributed by atoms with van der Waals surface area (Å²) in [5.41, 5.74) is -3.24. The summed E-state index contributed by atoms with van der Waals surface area (Å²) in [6, 6.07) is -0.187. The van der Waals surface area contributed by atoms with Gasteiger partial charge in [-0.05, 0) is 67.6 Å². The lowest BCUT2D eigenvalue weighted by Gasteiger charge is -2.47. The van der Waals surface area contributed by atoms with E-state index in [-0.39, 0.29) is 29.8 Å². The molecule has 1 spiro atoms. The van der Waals surface area contributed by atoms with Gasteiger partial charge in [-0.2, -0.15) is 0 Å². The van der Waals surface area contributed by atoms with Crippen LogP contribution in [0.4, 0.5) is 0 Å². The van der Waals surface area contributed by atoms with Crippen molar-refractivity contribution in [1.29, 1.82) is 0 Å². The van der Waals surface area contributed by atoms with Crippen LogP contribution in [0.2, 0.25) is 0 Å². The van der Waals surface area contributed by atoms with Crippen LogP contribution in [0, 0.1) is 17.3 Å². The molecule has 3 aliphatic heterocycles. The number of likely N-dealkylation sites (N-methyl/N-ethyl adjacent to an activating group) is 2. The Labute approximate surface area is 258 Å². The fourth-order valence-corrected chi connectivity index (χ4v) is 7.40. The standard InChI is InChI=1S/C32H57N3O8/c1-20-17-31(7,40-11)27(42-28-25(37)24(33(8)9)16-21(2)41-28)22(3)26(38)30(5,6)29(39)43-32(19-34(10)18-20)12-14-35(15-13-32)23(4)36/h20-22,24-25,27-28,37H,12-19H2,1-11H3/t20-,21-,22+,24+,25-,27-,28+,31-/m1/s1. The van der Waals surface area contributed by atoms with Gasteiger partial charge in [-0.15, -0.1) is 0 Å². The number of ketones is 1. The molecular formula is C32H57N3O8. The summed E-state index contributed by atoms with van der Waals surface area (Å²) in [5.74, 6) is -1.59. The number of amides is 1. The highest BCUT2D eigenvalue weighted by atomic mass is 16.7. The summed E-state index contributed by atoms with van der Waals surface area (Å²) in [6.07, 6.45) is -0.715. The van der Waals surface area contributed by atoms with Crippen LogP contribution >= 0.6 is 0 Å². The fourth-order valence-electron chi connectivity index (χ4n) is 7.40. The number of carbonyl (C=O) groups excluding carboxylic acids is 3. The van der Waals surface area contributed by atoms with E-state index >= 15 is 0 Å². The summed E-state index contributed by atoms with van der Waals surface area (Å²) in [4.78, 5) is 46.1. The molecule has 1 amide bonds. The van der Waals surface area contributed by atoms with Crippen molar-refractivity contribution >= 4 is 17.7 Å². The van der Waals surface area contributed by atoms with E-state index in [2.05, 4.69) is 11.8 Å². The van der Waals surface area contributed by atoms with Crippen molar-refractivity contribution in [1.82, 2.24) is 14.7 Å². The Balaban J connectivity index is 2.01. The third-order valence-corrected chi connectivity index (χ3v) is 9.98. The number of Topliss-reactive ketones (excluding diaryl/α,β-unsaturated/α-hetero) is 1. The third-order valence-electron chi connectivity index (χ3n) is 9.98. The van der Waals surface area contributed by atoms with Crippen molar-refractivity contribution in [2.45, 2.75) is 116 Å². The van der Waals surface area contributed by atoms with E-state index < -0.39 is 47.0 Å². The smallest absolute Gasteiger partial charge is 0.319 e. The van der Waals surface area contributed by atoms with Crippen molar-refractivity contribution in [3.8, 4) is 0 Å². The molecule has 0 aliphatic carbocycles. The Bertz CT molecular complexity index is 997. The lowest BCUT2D eigenvalue weighted by atomic mass is 9.74. The number of aliphatic hydroxyl groups is 1. The molecule has 0 saturated carbocycles. The second-order valence-electron chi connectivity index (χ2n) is 14.5. The van der Waals surface area contributed by atoms with Crippen LogP contribution in [0.15, 0.2) is 0 Å². The number of likely N-dealkylation sites (tertiary alicyclic amines) is 1. The minimum Gasteiger partial charge on any atom is -0.457 e. The van der Waals surface area contributed by atoms with Crippen LogP contribution in [-0.4, -0.2) is 134 Å². The second kappa shape index (κ2) is 13.8. The molecule has 3 heterocycles. The number of hydrogen-bond donors (Lipinski definition) is 1. The Morgan fingerprint density at radius 2 is 1.70 bits per heavy atom. The third kappa shape index (κ3) is 7.97. The van der Waals surface area contributed by atoms with Gasteiger partial charge in [0.05, 0.1) is 17.8 Å². The maximum atomic E-state index is 14.3.